The van der Waals surface area contributed by atoms with Gasteiger partial charge in [0.25, 0.3) is 0 Å². The van der Waals surface area contributed by atoms with Crippen molar-refractivity contribution in [3.63, 3.8) is 0 Å². The number of aliphatic hydroxyl groups is 1. The van der Waals surface area contributed by atoms with Crippen LogP contribution < -0.4 is 5.32 Å². The molecule has 0 aliphatic heterocycles. The molecule has 5 nitrogen and oxygen atoms in total. The first-order chi connectivity index (χ1) is 8.81. The Balaban J connectivity index is 2.07. The molecule has 96 valence electrons. The van der Waals surface area contributed by atoms with E-state index < -0.39 is 0 Å². The molecule has 2 N–H and O–H groups in total. The maximum Gasteiger partial charge on any atom is 0.137 e. The van der Waals surface area contributed by atoms with Crippen molar-refractivity contribution in [1.29, 1.82) is 0 Å². The number of nitrogens with one attached hydrogen (secondary N) is 1. The number of hydrogen-bond acceptors (Lipinski definition) is 5. The molecule has 0 aliphatic rings. The summed E-state index contributed by atoms with van der Waals surface area (Å²) in [6.07, 6.45) is 0. The van der Waals surface area contributed by atoms with Gasteiger partial charge < -0.3 is 15.2 Å². The number of aromatic nitrogens is 2. The molecule has 18 heavy (non-hydrogen) atoms. The maximum absolute atomic E-state index is 8.59. The lowest BCUT2D eigenvalue weighted by Crippen LogP contribution is -2.13. The Morgan fingerprint density at radius 1 is 1.22 bits per heavy atom. The van der Waals surface area contributed by atoms with Crippen molar-refractivity contribution in [3.05, 3.63) is 30.1 Å². The SMILES string of the molecule is Cc1nc(NCCOCCO)c2ccccc2n1. The predicted octanol–water partition coefficient (Wildman–Crippen LogP) is 1.36. The molecule has 0 bridgehead atoms. The Morgan fingerprint density at radius 3 is 2.89 bits per heavy atom. The fourth-order valence-electron chi connectivity index (χ4n) is 1.74. The van der Waals surface area contributed by atoms with Gasteiger partial charge >= 0.3 is 0 Å². The lowest BCUT2D eigenvalue weighted by atomic mass is 10.2. The van der Waals surface area contributed by atoms with Gasteiger partial charge in [-0.1, -0.05) is 12.1 Å². The van der Waals surface area contributed by atoms with Gasteiger partial charge in [0.2, 0.25) is 0 Å². The number of para-hydroxylation sites is 1. The highest BCUT2D eigenvalue weighted by molar-refractivity contribution is 5.88. The van der Waals surface area contributed by atoms with E-state index in [1.807, 2.05) is 31.2 Å². The van der Waals surface area contributed by atoms with Crippen LogP contribution in [-0.2, 0) is 4.74 Å². The van der Waals surface area contributed by atoms with E-state index in [0.717, 1.165) is 22.5 Å². The minimum absolute atomic E-state index is 0.0511. The second-order valence-electron chi connectivity index (χ2n) is 3.90. The van der Waals surface area contributed by atoms with Crippen LogP contribution in [0.15, 0.2) is 24.3 Å². The molecule has 5 heteroatoms. The first kappa shape index (κ1) is 12.7. The molecule has 0 saturated carbocycles. The first-order valence-corrected chi connectivity index (χ1v) is 5.97. The van der Waals surface area contributed by atoms with Crippen LogP contribution in [0.4, 0.5) is 5.82 Å². The van der Waals surface area contributed by atoms with E-state index in [4.69, 9.17) is 9.84 Å². The number of hydrogen-bond donors (Lipinski definition) is 2. The third-order valence-electron chi connectivity index (χ3n) is 2.49. The number of aryl methyl sites for hydroxylation is 1. The van der Waals surface area contributed by atoms with Crippen LogP contribution in [0.2, 0.25) is 0 Å². The summed E-state index contributed by atoms with van der Waals surface area (Å²) in [5, 5.41) is 12.8. The molecule has 0 saturated heterocycles. The second-order valence-corrected chi connectivity index (χ2v) is 3.90. The fourth-order valence-corrected chi connectivity index (χ4v) is 1.74. The summed E-state index contributed by atoms with van der Waals surface area (Å²) in [6, 6.07) is 7.89. The number of rotatable bonds is 6. The average molecular weight is 247 g/mol. The molecule has 1 aromatic carbocycles. The van der Waals surface area contributed by atoms with E-state index in [0.29, 0.717) is 19.8 Å². The molecular formula is C13H17N3O2. The van der Waals surface area contributed by atoms with Crippen molar-refractivity contribution in [2.24, 2.45) is 0 Å². The summed E-state index contributed by atoms with van der Waals surface area (Å²) in [6.45, 7) is 3.49. The van der Waals surface area contributed by atoms with Crippen LogP contribution in [-0.4, -0.2) is 41.4 Å². The smallest absolute Gasteiger partial charge is 0.137 e. The number of nitrogens with zero attached hydrogens (tertiary/aromatic N) is 2. The van der Waals surface area contributed by atoms with Crippen LogP contribution in [0, 0.1) is 6.92 Å². The molecule has 0 unspecified atom stereocenters. The summed E-state index contributed by atoms with van der Waals surface area (Å²) in [7, 11) is 0. The van der Waals surface area contributed by atoms with E-state index in [2.05, 4.69) is 15.3 Å². The van der Waals surface area contributed by atoms with Gasteiger partial charge in [0.15, 0.2) is 0 Å². The summed E-state index contributed by atoms with van der Waals surface area (Å²) in [5.41, 5.74) is 0.934. The van der Waals surface area contributed by atoms with Gasteiger partial charge in [-0.15, -0.1) is 0 Å². The minimum Gasteiger partial charge on any atom is -0.394 e. The standard InChI is InChI=1S/C13H17N3O2/c1-10-15-12-5-3-2-4-11(12)13(16-10)14-6-8-18-9-7-17/h2-5,17H,6-9H2,1H3,(H,14,15,16). The summed E-state index contributed by atoms with van der Waals surface area (Å²) >= 11 is 0. The molecule has 0 radical (unpaired) electrons. The lowest BCUT2D eigenvalue weighted by Gasteiger charge is -2.09. The molecule has 0 amide bonds. The van der Waals surface area contributed by atoms with Gasteiger partial charge in [-0.3, -0.25) is 0 Å². The molecule has 1 aromatic heterocycles. The Hall–Kier alpha value is -1.72. The second kappa shape index (κ2) is 6.28. The van der Waals surface area contributed by atoms with E-state index in [1.54, 1.807) is 0 Å². The zero-order valence-corrected chi connectivity index (χ0v) is 10.4. The first-order valence-electron chi connectivity index (χ1n) is 5.97. The highest BCUT2D eigenvalue weighted by Crippen LogP contribution is 2.19. The number of fused-ring (bicyclic) bond motifs is 1. The van der Waals surface area contributed by atoms with Crippen molar-refractivity contribution in [2.45, 2.75) is 6.92 Å². The fraction of sp³-hybridized carbons (Fsp3) is 0.385. The van der Waals surface area contributed by atoms with Crippen LogP contribution in [0.5, 0.6) is 0 Å². The van der Waals surface area contributed by atoms with Gasteiger partial charge in [0.05, 0.1) is 25.3 Å². The van der Waals surface area contributed by atoms with Crippen LogP contribution in [0.1, 0.15) is 5.82 Å². The van der Waals surface area contributed by atoms with Crippen LogP contribution >= 0.6 is 0 Å². The minimum atomic E-state index is 0.0511. The zero-order valence-electron chi connectivity index (χ0n) is 10.4. The van der Waals surface area contributed by atoms with E-state index in [1.165, 1.54) is 0 Å². The van der Waals surface area contributed by atoms with Gasteiger partial charge in [-0.25, -0.2) is 9.97 Å². The van der Waals surface area contributed by atoms with Crippen LogP contribution in [0.25, 0.3) is 10.9 Å². The Kier molecular flexibility index (Phi) is 4.44. The van der Waals surface area contributed by atoms with Crippen LogP contribution in [0.3, 0.4) is 0 Å². The largest absolute Gasteiger partial charge is 0.394 e. The molecule has 1 heterocycles. The number of aliphatic hydroxyl groups excluding tert-OH is 1. The maximum atomic E-state index is 8.59. The monoisotopic (exact) mass is 247 g/mol. The lowest BCUT2D eigenvalue weighted by molar-refractivity contribution is 0.0992. The molecular weight excluding hydrogens is 230 g/mol. The van der Waals surface area contributed by atoms with E-state index in [9.17, 15) is 0 Å². The van der Waals surface area contributed by atoms with Crippen molar-refractivity contribution in [1.82, 2.24) is 9.97 Å². The summed E-state index contributed by atoms with van der Waals surface area (Å²) < 4.78 is 5.19. The van der Waals surface area contributed by atoms with Crippen molar-refractivity contribution in [2.75, 3.05) is 31.7 Å². The zero-order chi connectivity index (χ0) is 12.8. The number of anilines is 1. The predicted molar refractivity (Wildman–Crippen MR) is 70.7 cm³/mol. The van der Waals surface area contributed by atoms with E-state index >= 15 is 0 Å². The molecule has 0 spiro atoms. The Bertz CT molecular complexity index is 517. The van der Waals surface area contributed by atoms with Gasteiger partial charge in [0.1, 0.15) is 11.6 Å². The normalized spacial score (nSPS) is 10.8. The molecule has 0 atom stereocenters. The Labute approximate surface area is 106 Å². The van der Waals surface area contributed by atoms with Gasteiger partial charge in [0, 0.05) is 11.9 Å². The summed E-state index contributed by atoms with van der Waals surface area (Å²) in [4.78, 5) is 8.77. The summed E-state index contributed by atoms with van der Waals surface area (Å²) in [5.74, 6) is 1.57. The van der Waals surface area contributed by atoms with Crippen molar-refractivity contribution in [3.8, 4) is 0 Å². The third kappa shape index (κ3) is 3.15. The number of ether oxygens (including phenoxy) is 1. The third-order valence-corrected chi connectivity index (χ3v) is 2.49. The molecule has 0 fully saturated rings. The molecule has 2 rings (SSSR count). The molecule has 2 aromatic rings. The van der Waals surface area contributed by atoms with Crippen molar-refractivity contribution >= 4 is 16.7 Å². The van der Waals surface area contributed by atoms with Gasteiger partial charge in [-0.05, 0) is 19.1 Å². The Morgan fingerprint density at radius 2 is 2.06 bits per heavy atom. The average Bonchev–Trinajstić information content (AvgIpc) is 2.38. The van der Waals surface area contributed by atoms with E-state index in [-0.39, 0.29) is 6.61 Å². The topological polar surface area (TPSA) is 67.3 Å². The number of benzene rings is 1. The quantitative estimate of drug-likeness (QED) is 0.754. The van der Waals surface area contributed by atoms with Gasteiger partial charge in [-0.2, -0.15) is 0 Å². The van der Waals surface area contributed by atoms with Crippen molar-refractivity contribution < 1.29 is 9.84 Å². The highest BCUT2D eigenvalue weighted by Gasteiger charge is 2.04. The molecule has 0 aliphatic carbocycles. The highest BCUT2D eigenvalue weighted by atomic mass is 16.5.